The second-order valence-electron chi connectivity index (χ2n) is 0.682. The van der Waals surface area contributed by atoms with Gasteiger partial charge >= 0.3 is 29.6 Å². The Balaban J connectivity index is -0.0000000417. The van der Waals surface area contributed by atoms with Gasteiger partial charge in [0.05, 0.1) is 5.41 Å². The Bertz CT molecular complexity index is 132. The van der Waals surface area contributed by atoms with Crippen LogP contribution in [0.25, 0.3) is 0 Å². The van der Waals surface area contributed by atoms with Crippen molar-refractivity contribution in [3.63, 3.8) is 0 Å². The molecule has 1 N–H and O–H groups in total. The molecule has 0 fully saturated rings. The first-order valence-electron chi connectivity index (χ1n) is 1.16. The summed E-state index contributed by atoms with van der Waals surface area (Å²) in [5.74, 6) is 0. The summed E-state index contributed by atoms with van der Waals surface area (Å²) in [6, 6.07) is 0. The summed E-state index contributed by atoms with van der Waals surface area (Å²) < 4.78 is 26.6. The van der Waals surface area contributed by atoms with Crippen LogP contribution in [0.4, 0.5) is 0 Å². The average molecular weight is 169 g/mol. The van der Waals surface area contributed by atoms with E-state index in [4.69, 9.17) is 4.55 Å². The molecule has 3 nitrogen and oxygen atoms in total. The molecule has 46 valence electrons. The third-order valence-electron chi connectivity index (χ3n) is 0.211. The molecule has 8 heavy (non-hydrogen) atoms. The molecule has 0 rings (SSSR count). The SMILES string of the molecule is C=CS(=O)(=O)O.Cl.[H-].[Na+]. The molecular formula is C2H6ClNaO3S. The molecule has 0 aromatic carbocycles. The number of rotatable bonds is 1. The molecule has 0 aromatic rings. The van der Waals surface area contributed by atoms with Crippen molar-refractivity contribution in [2.75, 3.05) is 0 Å². The Morgan fingerprint density at radius 2 is 1.75 bits per heavy atom. The monoisotopic (exact) mass is 168 g/mol. The van der Waals surface area contributed by atoms with E-state index < -0.39 is 10.1 Å². The van der Waals surface area contributed by atoms with E-state index in [1.165, 1.54) is 0 Å². The summed E-state index contributed by atoms with van der Waals surface area (Å²) in [4.78, 5) is 0. The fourth-order valence-corrected chi connectivity index (χ4v) is 0. The van der Waals surface area contributed by atoms with Crippen LogP contribution in [0.2, 0.25) is 0 Å². The van der Waals surface area contributed by atoms with Crippen molar-refractivity contribution in [2.45, 2.75) is 0 Å². The van der Waals surface area contributed by atoms with E-state index in [-0.39, 0.29) is 43.4 Å². The van der Waals surface area contributed by atoms with E-state index in [2.05, 4.69) is 6.58 Å². The molecule has 0 bridgehead atoms. The summed E-state index contributed by atoms with van der Waals surface area (Å²) in [6.45, 7) is 2.79. The van der Waals surface area contributed by atoms with Gasteiger partial charge in [0.1, 0.15) is 0 Å². The number of halogens is 1. The Morgan fingerprint density at radius 3 is 1.75 bits per heavy atom. The quantitative estimate of drug-likeness (QED) is 0.350. The van der Waals surface area contributed by atoms with Crippen molar-refractivity contribution < 1.29 is 44.0 Å². The first-order valence-corrected chi connectivity index (χ1v) is 2.66. The van der Waals surface area contributed by atoms with E-state index >= 15 is 0 Å². The van der Waals surface area contributed by atoms with Crippen LogP contribution in [0, 0.1) is 0 Å². The van der Waals surface area contributed by atoms with Crippen LogP contribution < -0.4 is 29.6 Å². The van der Waals surface area contributed by atoms with Gasteiger partial charge in [0.2, 0.25) is 0 Å². The van der Waals surface area contributed by atoms with E-state index in [9.17, 15) is 8.42 Å². The molecule has 0 spiro atoms. The van der Waals surface area contributed by atoms with Crippen molar-refractivity contribution in [3.8, 4) is 0 Å². The fraction of sp³-hybridized carbons (Fsp3) is 0. The predicted octanol–water partition coefficient (Wildman–Crippen LogP) is -2.44. The largest absolute Gasteiger partial charge is 1.00 e. The minimum Gasteiger partial charge on any atom is -1.00 e. The van der Waals surface area contributed by atoms with Crippen molar-refractivity contribution in [3.05, 3.63) is 12.0 Å². The molecule has 0 saturated carbocycles. The summed E-state index contributed by atoms with van der Waals surface area (Å²) in [5, 5.41) is 0.465. The van der Waals surface area contributed by atoms with Gasteiger partial charge in [-0.3, -0.25) is 4.55 Å². The Hall–Kier alpha value is 0.940. The molecule has 0 radical (unpaired) electrons. The summed E-state index contributed by atoms with van der Waals surface area (Å²) in [7, 11) is -3.90. The van der Waals surface area contributed by atoms with Gasteiger partial charge in [0.15, 0.2) is 0 Å². The Kier molecular flexibility index (Phi) is 12.1. The fourth-order valence-electron chi connectivity index (χ4n) is 0. The molecule has 6 heteroatoms. The van der Waals surface area contributed by atoms with Crippen LogP contribution in [0.1, 0.15) is 1.43 Å². The first kappa shape index (κ1) is 16.0. The molecule has 0 heterocycles. The Morgan fingerprint density at radius 1 is 1.62 bits per heavy atom. The van der Waals surface area contributed by atoms with Crippen LogP contribution in [0.15, 0.2) is 12.0 Å². The number of hydrogen-bond acceptors (Lipinski definition) is 2. The zero-order chi connectivity index (χ0) is 5.21. The molecule has 0 aliphatic rings. The molecule has 0 unspecified atom stereocenters. The van der Waals surface area contributed by atoms with Gasteiger partial charge < -0.3 is 1.43 Å². The maximum Gasteiger partial charge on any atom is 1.00 e. The smallest absolute Gasteiger partial charge is 1.00 e. The molecule has 0 amide bonds. The molecule has 0 aliphatic carbocycles. The minimum atomic E-state index is -3.90. The van der Waals surface area contributed by atoms with Crippen molar-refractivity contribution in [1.82, 2.24) is 0 Å². The molecular weight excluding hydrogens is 163 g/mol. The van der Waals surface area contributed by atoms with Gasteiger partial charge in [-0.15, -0.1) is 12.4 Å². The maximum absolute atomic E-state index is 9.44. The average Bonchev–Trinajstić information content (AvgIpc) is 1.35. The van der Waals surface area contributed by atoms with E-state index in [1.54, 1.807) is 0 Å². The van der Waals surface area contributed by atoms with Gasteiger partial charge in [-0.1, -0.05) is 6.58 Å². The van der Waals surface area contributed by atoms with Crippen molar-refractivity contribution >= 4 is 22.5 Å². The zero-order valence-electron chi connectivity index (χ0n) is 5.36. The standard InChI is InChI=1S/C2H4O3S.ClH.Na.H/c1-2-6(3,4)5;;;/h2H,1H2,(H,3,4,5);1H;;/q;;+1;-1. The molecule has 0 aromatic heterocycles. The summed E-state index contributed by atoms with van der Waals surface area (Å²) in [6.07, 6.45) is 0. The van der Waals surface area contributed by atoms with Crippen LogP contribution in [0.5, 0.6) is 0 Å². The van der Waals surface area contributed by atoms with Crippen molar-refractivity contribution in [1.29, 1.82) is 0 Å². The van der Waals surface area contributed by atoms with E-state index in [0.717, 1.165) is 0 Å². The first-order chi connectivity index (χ1) is 2.56. The van der Waals surface area contributed by atoms with Crippen LogP contribution in [-0.2, 0) is 10.1 Å². The van der Waals surface area contributed by atoms with Crippen molar-refractivity contribution in [2.24, 2.45) is 0 Å². The minimum absolute atomic E-state index is 0. The number of hydrogen-bond donors (Lipinski definition) is 1. The van der Waals surface area contributed by atoms with Crippen LogP contribution in [-0.4, -0.2) is 13.0 Å². The molecule has 0 saturated heterocycles. The second-order valence-corrected chi connectivity index (χ2v) is 2.04. The van der Waals surface area contributed by atoms with Gasteiger partial charge in [0, 0.05) is 0 Å². The molecule has 0 atom stereocenters. The zero-order valence-corrected chi connectivity index (χ0v) is 8.00. The van der Waals surface area contributed by atoms with Gasteiger partial charge in [0.25, 0.3) is 10.1 Å². The normalized spacial score (nSPS) is 8.12. The third kappa shape index (κ3) is 15.8. The van der Waals surface area contributed by atoms with Gasteiger partial charge in [-0.25, -0.2) is 0 Å². The molecule has 0 aliphatic heterocycles. The van der Waals surface area contributed by atoms with Gasteiger partial charge in [-0.05, 0) is 0 Å². The maximum atomic E-state index is 9.44. The third-order valence-corrected chi connectivity index (χ3v) is 0.632. The van der Waals surface area contributed by atoms with E-state index in [1.807, 2.05) is 0 Å². The summed E-state index contributed by atoms with van der Waals surface area (Å²) >= 11 is 0. The summed E-state index contributed by atoms with van der Waals surface area (Å²) in [5.41, 5.74) is 0. The Labute approximate surface area is 78.1 Å². The van der Waals surface area contributed by atoms with Gasteiger partial charge in [-0.2, -0.15) is 8.42 Å². The van der Waals surface area contributed by atoms with Crippen LogP contribution in [0.3, 0.4) is 0 Å². The van der Waals surface area contributed by atoms with E-state index in [0.29, 0.717) is 5.41 Å². The second kappa shape index (κ2) is 6.07. The topological polar surface area (TPSA) is 54.4 Å². The predicted molar refractivity (Wildman–Crippen MR) is 30.1 cm³/mol. The van der Waals surface area contributed by atoms with Crippen LogP contribution >= 0.6 is 12.4 Å².